The molecule has 0 unspecified atom stereocenters. The minimum atomic E-state index is -3.73. The van der Waals surface area contributed by atoms with Crippen LogP contribution in [0.1, 0.15) is 16.7 Å². The molecule has 0 aliphatic rings. The molecule has 112 valence electrons. The van der Waals surface area contributed by atoms with E-state index < -0.39 is 10.0 Å². The molecule has 1 aromatic heterocycles. The summed E-state index contributed by atoms with van der Waals surface area (Å²) >= 11 is 3.30. The molecular weight excluding hydrogens is 354 g/mol. The van der Waals surface area contributed by atoms with Crippen molar-refractivity contribution in [2.24, 2.45) is 0 Å². The molecule has 0 atom stereocenters. The van der Waals surface area contributed by atoms with Crippen molar-refractivity contribution in [2.45, 2.75) is 25.7 Å². The number of benzene rings is 1. The lowest BCUT2D eigenvalue weighted by Crippen LogP contribution is -2.16. The van der Waals surface area contributed by atoms with Gasteiger partial charge in [0.05, 0.1) is 4.90 Å². The van der Waals surface area contributed by atoms with Crippen LogP contribution in [0, 0.1) is 20.8 Å². The summed E-state index contributed by atoms with van der Waals surface area (Å²) in [6.07, 6.45) is 1.54. The molecule has 7 heteroatoms. The molecule has 0 bridgehead atoms. The summed E-state index contributed by atoms with van der Waals surface area (Å²) in [5.41, 5.74) is 8.40. The number of anilines is 2. The van der Waals surface area contributed by atoms with Crippen molar-refractivity contribution >= 4 is 37.5 Å². The normalized spacial score (nSPS) is 11.4. The van der Waals surface area contributed by atoms with Crippen molar-refractivity contribution < 1.29 is 8.42 Å². The highest BCUT2D eigenvalue weighted by Crippen LogP contribution is 2.25. The van der Waals surface area contributed by atoms with E-state index in [-0.39, 0.29) is 4.90 Å². The predicted octanol–water partition coefficient (Wildman–Crippen LogP) is 3.15. The summed E-state index contributed by atoms with van der Waals surface area (Å²) in [6.45, 7) is 5.37. The maximum Gasteiger partial charge on any atom is 0.263 e. The van der Waals surface area contributed by atoms with E-state index in [0.29, 0.717) is 17.1 Å². The number of pyridine rings is 1. The summed E-state index contributed by atoms with van der Waals surface area (Å²) in [6, 6.07) is 5.00. The second kappa shape index (κ2) is 5.65. The average molecular weight is 370 g/mol. The van der Waals surface area contributed by atoms with Gasteiger partial charge in [-0.3, -0.25) is 4.72 Å². The van der Waals surface area contributed by atoms with E-state index in [1.54, 1.807) is 32.2 Å². The van der Waals surface area contributed by atoms with Crippen molar-refractivity contribution in [1.82, 2.24) is 4.98 Å². The molecule has 5 nitrogen and oxygen atoms in total. The van der Waals surface area contributed by atoms with Crippen molar-refractivity contribution in [3.8, 4) is 0 Å². The second-order valence-corrected chi connectivity index (χ2v) is 7.45. The second-order valence-electron chi connectivity index (χ2n) is 4.89. The molecule has 1 heterocycles. The number of sulfonamides is 1. The van der Waals surface area contributed by atoms with Gasteiger partial charge in [-0.1, -0.05) is 0 Å². The van der Waals surface area contributed by atoms with Gasteiger partial charge in [0.2, 0.25) is 0 Å². The Bertz CT molecular complexity index is 804. The third-order valence-electron chi connectivity index (χ3n) is 3.21. The average Bonchev–Trinajstić information content (AvgIpc) is 2.37. The summed E-state index contributed by atoms with van der Waals surface area (Å²) in [5.74, 6) is 0.303. The quantitative estimate of drug-likeness (QED) is 0.813. The maximum absolute atomic E-state index is 12.5. The number of nitrogens with two attached hydrogens (primary N) is 1. The van der Waals surface area contributed by atoms with E-state index in [1.807, 2.05) is 6.92 Å². The van der Waals surface area contributed by atoms with Gasteiger partial charge < -0.3 is 5.73 Å². The summed E-state index contributed by atoms with van der Waals surface area (Å²) in [5, 5.41) is 0. The Hall–Kier alpha value is -1.60. The number of nitrogens with one attached hydrogen (secondary N) is 1. The van der Waals surface area contributed by atoms with E-state index in [4.69, 9.17) is 5.73 Å². The van der Waals surface area contributed by atoms with Crippen LogP contribution in [0.4, 0.5) is 11.5 Å². The lowest BCUT2D eigenvalue weighted by Gasteiger charge is -2.13. The zero-order chi connectivity index (χ0) is 15.8. The van der Waals surface area contributed by atoms with Crippen LogP contribution >= 0.6 is 15.9 Å². The number of hydrogen-bond acceptors (Lipinski definition) is 4. The van der Waals surface area contributed by atoms with Crippen molar-refractivity contribution in [1.29, 1.82) is 0 Å². The van der Waals surface area contributed by atoms with Gasteiger partial charge in [-0.05, 0) is 71.6 Å². The summed E-state index contributed by atoms with van der Waals surface area (Å²) in [4.78, 5) is 4.27. The number of halogens is 1. The van der Waals surface area contributed by atoms with Crippen LogP contribution in [0.2, 0.25) is 0 Å². The number of aromatic nitrogens is 1. The van der Waals surface area contributed by atoms with Gasteiger partial charge in [-0.2, -0.15) is 0 Å². The summed E-state index contributed by atoms with van der Waals surface area (Å²) < 4.78 is 28.4. The molecule has 3 N–H and O–H groups in total. The topological polar surface area (TPSA) is 85.1 Å². The fraction of sp³-hybridized carbons (Fsp3) is 0.214. The molecule has 0 radical (unpaired) electrons. The van der Waals surface area contributed by atoms with Crippen LogP contribution in [0.5, 0.6) is 0 Å². The lowest BCUT2D eigenvalue weighted by atomic mass is 10.1. The van der Waals surface area contributed by atoms with Gasteiger partial charge in [0, 0.05) is 16.4 Å². The van der Waals surface area contributed by atoms with E-state index in [1.165, 1.54) is 6.07 Å². The minimum absolute atomic E-state index is 0.170. The van der Waals surface area contributed by atoms with Gasteiger partial charge in [-0.25, -0.2) is 13.4 Å². The number of nitrogen functional groups attached to an aromatic ring is 1. The third-order valence-corrected chi connectivity index (χ3v) is 5.11. The molecule has 21 heavy (non-hydrogen) atoms. The van der Waals surface area contributed by atoms with Gasteiger partial charge in [-0.15, -0.1) is 0 Å². The zero-order valence-electron chi connectivity index (χ0n) is 11.9. The summed E-state index contributed by atoms with van der Waals surface area (Å²) in [7, 11) is -3.73. The zero-order valence-corrected chi connectivity index (χ0v) is 14.3. The number of hydrogen-bond donors (Lipinski definition) is 2. The molecule has 2 aromatic rings. The fourth-order valence-electron chi connectivity index (χ4n) is 1.96. The Morgan fingerprint density at radius 1 is 1.14 bits per heavy atom. The van der Waals surface area contributed by atoms with E-state index >= 15 is 0 Å². The Balaban J connectivity index is 2.48. The molecule has 0 saturated heterocycles. The molecule has 1 aromatic carbocycles. The first kappa shape index (κ1) is 15.8. The van der Waals surface area contributed by atoms with Crippen molar-refractivity contribution in [3.63, 3.8) is 0 Å². The molecule has 0 aliphatic carbocycles. The lowest BCUT2D eigenvalue weighted by molar-refractivity contribution is 0.600. The van der Waals surface area contributed by atoms with Crippen molar-refractivity contribution in [3.05, 3.63) is 45.6 Å². The monoisotopic (exact) mass is 369 g/mol. The molecule has 0 amide bonds. The van der Waals surface area contributed by atoms with E-state index in [9.17, 15) is 8.42 Å². The van der Waals surface area contributed by atoms with Gasteiger partial charge in [0.1, 0.15) is 5.82 Å². The largest absolute Gasteiger partial charge is 0.399 e. The van der Waals surface area contributed by atoms with E-state index in [2.05, 4.69) is 25.6 Å². The molecule has 2 rings (SSSR count). The van der Waals surface area contributed by atoms with Crippen LogP contribution in [0.15, 0.2) is 33.8 Å². The van der Waals surface area contributed by atoms with Crippen LogP contribution < -0.4 is 10.5 Å². The van der Waals surface area contributed by atoms with Crippen LogP contribution in [-0.4, -0.2) is 13.4 Å². The molecular formula is C14H16BrN3O2S. The van der Waals surface area contributed by atoms with Gasteiger partial charge in [0.15, 0.2) is 0 Å². The number of rotatable bonds is 3. The number of nitrogens with zero attached hydrogens (tertiary/aromatic N) is 1. The van der Waals surface area contributed by atoms with Gasteiger partial charge in [0.25, 0.3) is 10.0 Å². The van der Waals surface area contributed by atoms with Crippen molar-refractivity contribution in [2.75, 3.05) is 10.5 Å². The SMILES string of the molecule is Cc1cc(Br)cnc1NS(=O)(=O)c1cc(N)cc(C)c1C. The molecule has 0 fully saturated rings. The third kappa shape index (κ3) is 3.36. The maximum atomic E-state index is 12.5. The predicted molar refractivity (Wildman–Crippen MR) is 87.8 cm³/mol. The highest BCUT2D eigenvalue weighted by atomic mass is 79.9. The van der Waals surface area contributed by atoms with Crippen LogP contribution in [-0.2, 0) is 10.0 Å². The highest BCUT2D eigenvalue weighted by Gasteiger charge is 2.20. The Morgan fingerprint density at radius 3 is 2.43 bits per heavy atom. The molecule has 0 aliphatic heterocycles. The molecule has 0 spiro atoms. The van der Waals surface area contributed by atoms with E-state index in [0.717, 1.165) is 15.6 Å². The van der Waals surface area contributed by atoms with Crippen LogP contribution in [0.25, 0.3) is 0 Å². The van der Waals surface area contributed by atoms with Crippen LogP contribution in [0.3, 0.4) is 0 Å². The fourth-order valence-corrected chi connectivity index (χ4v) is 3.84. The standard InChI is InChI=1S/C14H16BrN3O2S/c1-8-5-12(16)6-13(10(8)3)21(19,20)18-14-9(2)4-11(15)7-17-14/h4-7H,16H2,1-3H3,(H,17,18). The Kier molecular flexibility index (Phi) is 4.25. The first-order valence-electron chi connectivity index (χ1n) is 6.22. The van der Waals surface area contributed by atoms with Gasteiger partial charge >= 0.3 is 0 Å². The number of aryl methyl sites for hydroxylation is 2. The minimum Gasteiger partial charge on any atom is -0.399 e. The Labute approximate surface area is 132 Å². The Morgan fingerprint density at radius 2 is 1.81 bits per heavy atom. The first-order chi connectivity index (χ1) is 9.70. The first-order valence-corrected chi connectivity index (χ1v) is 8.50. The smallest absolute Gasteiger partial charge is 0.263 e. The highest BCUT2D eigenvalue weighted by molar-refractivity contribution is 9.10. The molecule has 0 saturated carbocycles.